The summed E-state index contributed by atoms with van der Waals surface area (Å²) in [7, 11) is 0. The van der Waals surface area contributed by atoms with Crippen molar-refractivity contribution in [3.05, 3.63) is 0 Å². The van der Waals surface area contributed by atoms with E-state index in [1.165, 1.54) is 24.3 Å². The monoisotopic (exact) mass is 252 g/mol. The summed E-state index contributed by atoms with van der Waals surface area (Å²) < 4.78 is 0. The van der Waals surface area contributed by atoms with Gasteiger partial charge in [0, 0.05) is 4.83 Å². The normalized spacial score (nSPS) is 14.8. The van der Waals surface area contributed by atoms with E-state index >= 15 is 0 Å². The molecule has 0 saturated carbocycles. The van der Waals surface area contributed by atoms with Crippen LogP contribution in [0.4, 0.5) is 0 Å². The van der Waals surface area contributed by atoms with E-state index in [-0.39, 0.29) is 0 Å². The predicted octanol–water partition coefficient (Wildman–Crippen LogP) is 4.33. The number of halogens is 1. The van der Waals surface area contributed by atoms with Gasteiger partial charge in [-0.1, -0.05) is 43.6 Å². The molecule has 0 aliphatic rings. The summed E-state index contributed by atoms with van der Waals surface area (Å²) in [5.41, 5.74) is 0.414. The summed E-state index contributed by atoms with van der Waals surface area (Å²) >= 11 is 5.78. The quantitative estimate of drug-likeness (QED) is 0.519. The fourth-order valence-corrected chi connectivity index (χ4v) is 1.93. The molecule has 12 heavy (non-hydrogen) atoms. The van der Waals surface area contributed by atoms with Crippen LogP contribution in [0, 0.1) is 5.41 Å². The van der Waals surface area contributed by atoms with Crippen molar-refractivity contribution in [2.75, 3.05) is 11.5 Å². The van der Waals surface area contributed by atoms with Crippen molar-refractivity contribution in [2.45, 2.75) is 45.4 Å². The number of rotatable bonds is 5. The van der Waals surface area contributed by atoms with Crippen LogP contribution in [0.1, 0.15) is 40.5 Å². The van der Waals surface area contributed by atoms with E-state index in [9.17, 15) is 0 Å². The molecule has 0 aromatic heterocycles. The minimum absolute atomic E-state index is 0.414. The van der Waals surface area contributed by atoms with Gasteiger partial charge in [0.25, 0.3) is 0 Å². The standard InChI is InChI=1S/C10H21BrS/c1-5-12-8-6-7-9(11)10(2,3)4/h9H,5-8H2,1-4H3. The third kappa shape index (κ3) is 6.36. The molecule has 1 atom stereocenters. The average molecular weight is 253 g/mol. The molecule has 0 fully saturated rings. The smallest absolute Gasteiger partial charge is 0.0194 e. The second kappa shape index (κ2) is 6.31. The molecule has 0 radical (unpaired) electrons. The summed E-state index contributed by atoms with van der Waals surface area (Å²) in [6.45, 7) is 9.10. The van der Waals surface area contributed by atoms with Crippen LogP contribution in [-0.4, -0.2) is 16.3 Å². The highest BCUT2D eigenvalue weighted by molar-refractivity contribution is 9.09. The maximum atomic E-state index is 3.74. The van der Waals surface area contributed by atoms with Gasteiger partial charge in [-0.2, -0.15) is 11.8 Å². The summed E-state index contributed by atoms with van der Waals surface area (Å²) in [4.78, 5) is 0.669. The Hall–Kier alpha value is 0.830. The fourth-order valence-electron chi connectivity index (χ4n) is 0.942. The summed E-state index contributed by atoms with van der Waals surface area (Å²) in [6, 6.07) is 0. The SMILES string of the molecule is CCSCCCC(Br)C(C)(C)C. The Morgan fingerprint density at radius 1 is 1.33 bits per heavy atom. The van der Waals surface area contributed by atoms with Crippen LogP contribution in [-0.2, 0) is 0 Å². The molecular weight excluding hydrogens is 232 g/mol. The van der Waals surface area contributed by atoms with Gasteiger partial charge in [-0.25, -0.2) is 0 Å². The van der Waals surface area contributed by atoms with Gasteiger partial charge in [0.2, 0.25) is 0 Å². The number of hydrogen-bond donors (Lipinski definition) is 0. The van der Waals surface area contributed by atoms with Crippen molar-refractivity contribution >= 4 is 27.7 Å². The van der Waals surface area contributed by atoms with E-state index in [4.69, 9.17) is 0 Å². The zero-order valence-corrected chi connectivity index (χ0v) is 11.1. The Balaban J connectivity index is 3.38. The van der Waals surface area contributed by atoms with Crippen LogP contribution in [0.5, 0.6) is 0 Å². The number of alkyl halides is 1. The van der Waals surface area contributed by atoms with E-state index in [1.54, 1.807) is 0 Å². The summed E-state index contributed by atoms with van der Waals surface area (Å²) in [6.07, 6.45) is 2.64. The molecule has 1 unspecified atom stereocenters. The second-order valence-electron chi connectivity index (χ2n) is 4.17. The Morgan fingerprint density at radius 3 is 2.33 bits per heavy atom. The lowest BCUT2D eigenvalue weighted by molar-refractivity contribution is 0.384. The van der Waals surface area contributed by atoms with E-state index < -0.39 is 0 Å². The van der Waals surface area contributed by atoms with Gasteiger partial charge in [0.05, 0.1) is 0 Å². The van der Waals surface area contributed by atoms with E-state index in [0.717, 1.165) is 0 Å². The highest BCUT2D eigenvalue weighted by Crippen LogP contribution is 2.29. The lowest BCUT2D eigenvalue weighted by Crippen LogP contribution is -2.20. The molecule has 0 rings (SSSR count). The number of thioether (sulfide) groups is 1. The molecule has 0 nitrogen and oxygen atoms in total. The van der Waals surface area contributed by atoms with Gasteiger partial charge in [-0.3, -0.25) is 0 Å². The molecule has 0 aliphatic carbocycles. The first kappa shape index (κ1) is 12.8. The maximum Gasteiger partial charge on any atom is 0.0194 e. The van der Waals surface area contributed by atoms with E-state index in [2.05, 4.69) is 43.6 Å². The molecule has 0 aromatic carbocycles. The topological polar surface area (TPSA) is 0 Å². The second-order valence-corrected chi connectivity index (χ2v) is 6.67. The predicted molar refractivity (Wildman–Crippen MR) is 64.4 cm³/mol. The first-order chi connectivity index (χ1) is 5.48. The van der Waals surface area contributed by atoms with Gasteiger partial charge in [-0.05, 0) is 29.8 Å². The molecule has 0 aliphatic heterocycles. The molecule has 0 aromatic rings. The van der Waals surface area contributed by atoms with Crippen LogP contribution < -0.4 is 0 Å². The van der Waals surface area contributed by atoms with E-state index in [0.29, 0.717) is 10.2 Å². The molecule has 0 N–H and O–H groups in total. The molecule has 0 saturated heterocycles. The van der Waals surface area contributed by atoms with Crippen LogP contribution in [0.3, 0.4) is 0 Å². The lowest BCUT2D eigenvalue weighted by atomic mass is 9.90. The van der Waals surface area contributed by atoms with Crippen LogP contribution in [0.2, 0.25) is 0 Å². The van der Waals surface area contributed by atoms with Crippen LogP contribution >= 0.6 is 27.7 Å². The van der Waals surface area contributed by atoms with Gasteiger partial charge < -0.3 is 0 Å². The lowest BCUT2D eigenvalue weighted by Gasteiger charge is -2.25. The average Bonchev–Trinajstić information content (AvgIpc) is 1.96. The Kier molecular flexibility index (Phi) is 6.75. The van der Waals surface area contributed by atoms with Crippen molar-refractivity contribution in [1.82, 2.24) is 0 Å². The summed E-state index contributed by atoms with van der Waals surface area (Å²) in [5.74, 6) is 2.57. The minimum Gasteiger partial charge on any atom is -0.162 e. The van der Waals surface area contributed by atoms with Crippen molar-refractivity contribution in [3.63, 3.8) is 0 Å². The van der Waals surface area contributed by atoms with Crippen LogP contribution in [0.15, 0.2) is 0 Å². The van der Waals surface area contributed by atoms with Gasteiger partial charge in [0.1, 0.15) is 0 Å². The summed E-state index contributed by atoms with van der Waals surface area (Å²) in [5, 5.41) is 0. The molecule has 74 valence electrons. The molecule has 0 heterocycles. The van der Waals surface area contributed by atoms with Crippen molar-refractivity contribution < 1.29 is 0 Å². The van der Waals surface area contributed by atoms with E-state index in [1.807, 2.05) is 11.8 Å². The molecule has 0 spiro atoms. The Labute approximate surface area is 90.0 Å². The zero-order chi connectivity index (χ0) is 9.61. The Morgan fingerprint density at radius 2 is 1.92 bits per heavy atom. The van der Waals surface area contributed by atoms with Crippen molar-refractivity contribution in [3.8, 4) is 0 Å². The van der Waals surface area contributed by atoms with Gasteiger partial charge >= 0.3 is 0 Å². The fraction of sp³-hybridized carbons (Fsp3) is 1.00. The van der Waals surface area contributed by atoms with Crippen LogP contribution in [0.25, 0.3) is 0 Å². The third-order valence-electron chi connectivity index (χ3n) is 1.89. The van der Waals surface area contributed by atoms with Gasteiger partial charge in [-0.15, -0.1) is 0 Å². The highest BCUT2D eigenvalue weighted by Gasteiger charge is 2.20. The maximum absolute atomic E-state index is 3.74. The first-order valence-electron chi connectivity index (χ1n) is 4.70. The number of hydrogen-bond acceptors (Lipinski definition) is 1. The van der Waals surface area contributed by atoms with Crippen molar-refractivity contribution in [2.24, 2.45) is 5.41 Å². The van der Waals surface area contributed by atoms with Crippen molar-refractivity contribution in [1.29, 1.82) is 0 Å². The Bertz CT molecular complexity index is 107. The molecule has 0 bridgehead atoms. The minimum atomic E-state index is 0.414. The largest absolute Gasteiger partial charge is 0.162 e. The highest BCUT2D eigenvalue weighted by atomic mass is 79.9. The third-order valence-corrected chi connectivity index (χ3v) is 4.71. The molecule has 2 heteroatoms. The zero-order valence-electron chi connectivity index (χ0n) is 8.69. The molecule has 0 amide bonds. The van der Waals surface area contributed by atoms with Gasteiger partial charge in [0.15, 0.2) is 0 Å². The molecular formula is C10H21BrS. The first-order valence-corrected chi connectivity index (χ1v) is 6.77.